The van der Waals surface area contributed by atoms with Crippen LogP contribution < -0.4 is 10.6 Å². The highest BCUT2D eigenvalue weighted by atomic mass is 16.5. The van der Waals surface area contributed by atoms with Gasteiger partial charge in [0.2, 0.25) is 5.91 Å². The lowest BCUT2D eigenvalue weighted by molar-refractivity contribution is 0.1000. The Balaban J connectivity index is 2.76. The van der Waals surface area contributed by atoms with Crippen molar-refractivity contribution in [1.82, 2.24) is 4.98 Å². The van der Waals surface area contributed by atoms with Crippen LogP contribution in [0.15, 0.2) is 18.3 Å². The second kappa shape index (κ2) is 5.31. The number of ether oxygens (including phenoxy) is 1. The van der Waals surface area contributed by atoms with E-state index in [0.717, 1.165) is 0 Å². The van der Waals surface area contributed by atoms with Gasteiger partial charge in [0, 0.05) is 32.5 Å². The minimum absolute atomic E-state index is 0.446. The van der Waals surface area contributed by atoms with Crippen molar-refractivity contribution < 1.29 is 9.53 Å². The lowest BCUT2D eigenvalue weighted by Gasteiger charge is -2.17. The molecule has 0 radical (unpaired) electrons. The van der Waals surface area contributed by atoms with Crippen molar-refractivity contribution in [3.8, 4) is 0 Å². The van der Waals surface area contributed by atoms with E-state index in [1.165, 1.54) is 0 Å². The summed E-state index contributed by atoms with van der Waals surface area (Å²) in [6.45, 7) is 1.32. The number of carbonyl (C=O) groups is 1. The summed E-state index contributed by atoms with van der Waals surface area (Å²) >= 11 is 0. The van der Waals surface area contributed by atoms with Gasteiger partial charge in [-0.15, -0.1) is 0 Å². The van der Waals surface area contributed by atoms with Crippen molar-refractivity contribution in [3.05, 3.63) is 23.9 Å². The summed E-state index contributed by atoms with van der Waals surface area (Å²) < 4.78 is 4.95. The predicted molar refractivity (Wildman–Crippen MR) is 57.9 cm³/mol. The molecule has 0 aromatic carbocycles. The van der Waals surface area contributed by atoms with Gasteiger partial charge < -0.3 is 15.4 Å². The van der Waals surface area contributed by atoms with Gasteiger partial charge in [0.15, 0.2) is 0 Å². The smallest absolute Gasteiger partial charge is 0.248 e. The van der Waals surface area contributed by atoms with Gasteiger partial charge in [-0.2, -0.15) is 0 Å². The Labute approximate surface area is 88.9 Å². The van der Waals surface area contributed by atoms with Gasteiger partial charge in [0.1, 0.15) is 5.82 Å². The summed E-state index contributed by atoms with van der Waals surface area (Å²) in [4.78, 5) is 17.0. The standard InChI is InChI=1S/C10H15N3O2/c1-13(5-6-15-2)9-7-8(10(11)14)3-4-12-9/h3-4,7H,5-6H2,1-2H3,(H2,11,14). The highest BCUT2D eigenvalue weighted by Gasteiger charge is 2.05. The normalized spacial score (nSPS) is 10.0. The average molecular weight is 209 g/mol. The molecule has 0 saturated carbocycles. The number of amides is 1. The Morgan fingerprint density at radius 2 is 2.40 bits per heavy atom. The molecule has 2 N–H and O–H groups in total. The molecule has 0 aliphatic rings. The van der Waals surface area contributed by atoms with Gasteiger partial charge in [-0.25, -0.2) is 4.98 Å². The summed E-state index contributed by atoms with van der Waals surface area (Å²) in [6.07, 6.45) is 1.57. The van der Waals surface area contributed by atoms with E-state index in [2.05, 4.69) is 4.98 Å². The zero-order valence-electron chi connectivity index (χ0n) is 8.93. The molecule has 1 aromatic heterocycles. The van der Waals surface area contributed by atoms with Crippen LogP contribution in [0.5, 0.6) is 0 Å². The minimum Gasteiger partial charge on any atom is -0.383 e. The predicted octanol–water partition coefficient (Wildman–Crippen LogP) is 0.263. The van der Waals surface area contributed by atoms with Crippen LogP contribution in [0, 0.1) is 0 Å². The maximum absolute atomic E-state index is 10.9. The maximum atomic E-state index is 10.9. The number of hydrogen-bond donors (Lipinski definition) is 1. The Morgan fingerprint density at radius 1 is 1.67 bits per heavy atom. The van der Waals surface area contributed by atoms with E-state index in [-0.39, 0.29) is 0 Å². The fourth-order valence-electron chi connectivity index (χ4n) is 1.12. The van der Waals surface area contributed by atoms with Gasteiger partial charge in [-0.3, -0.25) is 4.79 Å². The number of methoxy groups -OCH3 is 1. The fraction of sp³-hybridized carbons (Fsp3) is 0.400. The number of aromatic nitrogens is 1. The topological polar surface area (TPSA) is 68.5 Å². The number of hydrogen-bond acceptors (Lipinski definition) is 4. The monoisotopic (exact) mass is 209 g/mol. The molecule has 1 heterocycles. The second-order valence-corrected chi connectivity index (χ2v) is 3.18. The van der Waals surface area contributed by atoms with Gasteiger partial charge >= 0.3 is 0 Å². The molecule has 0 saturated heterocycles. The molecule has 5 nitrogen and oxygen atoms in total. The molecule has 15 heavy (non-hydrogen) atoms. The van der Waals surface area contributed by atoms with E-state index in [1.807, 2.05) is 11.9 Å². The molecular weight excluding hydrogens is 194 g/mol. The van der Waals surface area contributed by atoms with E-state index in [9.17, 15) is 4.79 Å². The van der Waals surface area contributed by atoms with Crippen molar-refractivity contribution >= 4 is 11.7 Å². The molecule has 1 rings (SSSR count). The van der Waals surface area contributed by atoms with E-state index < -0.39 is 5.91 Å². The molecule has 1 amide bonds. The van der Waals surface area contributed by atoms with E-state index >= 15 is 0 Å². The highest BCUT2D eigenvalue weighted by molar-refractivity contribution is 5.93. The first kappa shape index (κ1) is 11.5. The highest BCUT2D eigenvalue weighted by Crippen LogP contribution is 2.10. The zero-order valence-corrected chi connectivity index (χ0v) is 8.93. The summed E-state index contributed by atoms with van der Waals surface area (Å²) in [5.74, 6) is 0.266. The summed E-state index contributed by atoms with van der Waals surface area (Å²) in [6, 6.07) is 3.26. The molecule has 0 spiro atoms. The van der Waals surface area contributed by atoms with Crippen LogP contribution in [0.3, 0.4) is 0 Å². The van der Waals surface area contributed by atoms with E-state index in [1.54, 1.807) is 25.4 Å². The van der Waals surface area contributed by atoms with Crippen LogP contribution >= 0.6 is 0 Å². The van der Waals surface area contributed by atoms with Crippen LogP contribution in [0.2, 0.25) is 0 Å². The Hall–Kier alpha value is -1.62. The third-order valence-electron chi connectivity index (χ3n) is 2.05. The van der Waals surface area contributed by atoms with Crippen molar-refractivity contribution in [2.45, 2.75) is 0 Å². The number of anilines is 1. The molecule has 0 aliphatic heterocycles. The number of likely N-dealkylation sites (N-methyl/N-ethyl adjacent to an activating group) is 1. The number of carbonyl (C=O) groups excluding carboxylic acids is 1. The molecule has 0 atom stereocenters. The lowest BCUT2D eigenvalue weighted by Crippen LogP contribution is -2.23. The van der Waals surface area contributed by atoms with Crippen molar-refractivity contribution in [1.29, 1.82) is 0 Å². The first-order valence-corrected chi connectivity index (χ1v) is 4.61. The fourth-order valence-corrected chi connectivity index (χ4v) is 1.12. The first-order chi connectivity index (χ1) is 7.15. The van der Waals surface area contributed by atoms with Gasteiger partial charge in [0.25, 0.3) is 0 Å². The summed E-state index contributed by atoms with van der Waals surface area (Å²) in [5.41, 5.74) is 5.64. The summed E-state index contributed by atoms with van der Waals surface area (Å²) in [7, 11) is 3.52. The molecule has 0 aliphatic carbocycles. The van der Waals surface area contributed by atoms with Gasteiger partial charge in [0.05, 0.1) is 6.61 Å². The Kier molecular flexibility index (Phi) is 4.05. The molecule has 0 fully saturated rings. The molecule has 1 aromatic rings. The van der Waals surface area contributed by atoms with Gasteiger partial charge in [-0.05, 0) is 12.1 Å². The number of nitrogens with zero attached hydrogens (tertiary/aromatic N) is 2. The van der Waals surface area contributed by atoms with E-state index in [4.69, 9.17) is 10.5 Å². The lowest BCUT2D eigenvalue weighted by atomic mass is 10.2. The second-order valence-electron chi connectivity index (χ2n) is 3.18. The minimum atomic E-state index is -0.446. The Bertz CT molecular complexity index is 341. The van der Waals surface area contributed by atoms with Crippen molar-refractivity contribution in [3.63, 3.8) is 0 Å². The number of nitrogens with two attached hydrogens (primary N) is 1. The number of primary amides is 1. The van der Waals surface area contributed by atoms with Crippen LogP contribution in [0.1, 0.15) is 10.4 Å². The zero-order chi connectivity index (χ0) is 11.3. The largest absolute Gasteiger partial charge is 0.383 e. The first-order valence-electron chi connectivity index (χ1n) is 4.61. The quantitative estimate of drug-likeness (QED) is 0.755. The summed E-state index contributed by atoms with van der Waals surface area (Å²) in [5, 5.41) is 0. The molecule has 5 heteroatoms. The molecule has 0 unspecified atom stereocenters. The van der Waals surface area contributed by atoms with E-state index in [0.29, 0.717) is 24.5 Å². The number of pyridine rings is 1. The van der Waals surface area contributed by atoms with Crippen molar-refractivity contribution in [2.24, 2.45) is 5.73 Å². The van der Waals surface area contributed by atoms with Crippen LogP contribution in [0.4, 0.5) is 5.82 Å². The SMILES string of the molecule is COCCN(C)c1cc(C(N)=O)ccn1. The Morgan fingerprint density at radius 3 is 3.00 bits per heavy atom. The maximum Gasteiger partial charge on any atom is 0.248 e. The van der Waals surface area contributed by atoms with Crippen LogP contribution in [-0.4, -0.2) is 38.2 Å². The molecule has 82 valence electrons. The van der Waals surface area contributed by atoms with Gasteiger partial charge in [-0.1, -0.05) is 0 Å². The van der Waals surface area contributed by atoms with Crippen LogP contribution in [0.25, 0.3) is 0 Å². The number of rotatable bonds is 5. The van der Waals surface area contributed by atoms with Crippen LogP contribution in [-0.2, 0) is 4.74 Å². The van der Waals surface area contributed by atoms with Crippen molar-refractivity contribution in [2.75, 3.05) is 32.2 Å². The third kappa shape index (κ3) is 3.21. The molecular formula is C10H15N3O2. The average Bonchev–Trinajstić information content (AvgIpc) is 2.26. The third-order valence-corrected chi connectivity index (χ3v) is 2.05. The molecule has 0 bridgehead atoms.